The van der Waals surface area contributed by atoms with Crippen molar-refractivity contribution < 1.29 is 0 Å². The zero-order valence-electron chi connectivity index (χ0n) is 12.2. The van der Waals surface area contributed by atoms with Gasteiger partial charge in [0, 0.05) is 9.61 Å². The maximum Gasteiger partial charge on any atom is 0.0133 e. The second kappa shape index (κ2) is 7.63. The highest BCUT2D eigenvalue weighted by atomic mass is 127. The summed E-state index contributed by atoms with van der Waals surface area (Å²) in [4.78, 5) is 0. The van der Waals surface area contributed by atoms with Crippen molar-refractivity contribution in [2.24, 2.45) is 11.8 Å². The van der Waals surface area contributed by atoms with Crippen molar-refractivity contribution in [3.05, 3.63) is 33.4 Å². The average Bonchev–Trinajstić information content (AvgIpc) is 2.47. The Morgan fingerprint density at radius 2 is 1.79 bits per heavy atom. The van der Waals surface area contributed by atoms with Crippen molar-refractivity contribution in [2.45, 2.75) is 51.5 Å². The average molecular weight is 371 g/mol. The first-order valence-corrected chi connectivity index (χ1v) is 8.72. The van der Waals surface area contributed by atoms with E-state index in [4.69, 9.17) is 0 Å². The van der Waals surface area contributed by atoms with Crippen molar-refractivity contribution in [3.63, 3.8) is 0 Å². The first-order valence-electron chi connectivity index (χ1n) is 7.64. The number of nitrogens with one attached hydrogen (secondary N) is 1. The maximum absolute atomic E-state index is 3.57. The normalized spacial score (nSPS) is 25.2. The van der Waals surface area contributed by atoms with Crippen molar-refractivity contribution >= 4 is 22.6 Å². The molecule has 1 aliphatic carbocycles. The summed E-state index contributed by atoms with van der Waals surface area (Å²) < 4.78 is 1.32. The van der Waals surface area contributed by atoms with E-state index in [1.54, 1.807) is 0 Å². The minimum Gasteiger partial charge on any atom is -0.316 e. The van der Waals surface area contributed by atoms with Crippen molar-refractivity contribution in [1.82, 2.24) is 5.32 Å². The summed E-state index contributed by atoms with van der Waals surface area (Å²) >= 11 is 2.37. The van der Waals surface area contributed by atoms with Gasteiger partial charge in [0.25, 0.3) is 0 Å². The molecule has 2 heteroatoms. The lowest BCUT2D eigenvalue weighted by molar-refractivity contribution is 0.222. The highest BCUT2D eigenvalue weighted by Gasteiger charge is 2.26. The van der Waals surface area contributed by atoms with Gasteiger partial charge in [0.05, 0.1) is 0 Å². The minimum atomic E-state index is 0.651. The van der Waals surface area contributed by atoms with Gasteiger partial charge in [-0.2, -0.15) is 0 Å². The molecule has 1 saturated carbocycles. The van der Waals surface area contributed by atoms with Crippen molar-refractivity contribution in [1.29, 1.82) is 0 Å². The molecule has 0 amide bonds. The number of halogens is 1. The first-order chi connectivity index (χ1) is 9.22. The molecule has 19 heavy (non-hydrogen) atoms. The molecule has 1 atom stereocenters. The summed E-state index contributed by atoms with van der Waals surface area (Å²) in [5.41, 5.74) is 1.47. The summed E-state index contributed by atoms with van der Waals surface area (Å²) in [7, 11) is 2.13. The summed E-state index contributed by atoms with van der Waals surface area (Å²) in [6.45, 7) is 2.34. The van der Waals surface area contributed by atoms with E-state index >= 15 is 0 Å². The Hall–Kier alpha value is -0.0900. The van der Waals surface area contributed by atoms with Gasteiger partial charge in [0.2, 0.25) is 0 Å². The van der Waals surface area contributed by atoms with Gasteiger partial charge in [0.15, 0.2) is 0 Å². The van der Waals surface area contributed by atoms with Crippen LogP contribution in [0.5, 0.6) is 0 Å². The SMILES string of the molecule is CCC1CCC(C(Cc2ccc(I)cc2)NC)CC1. The highest BCUT2D eigenvalue weighted by molar-refractivity contribution is 14.1. The fourth-order valence-electron chi connectivity index (χ4n) is 3.38. The van der Waals surface area contributed by atoms with Crippen LogP contribution in [-0.2, 0) is 6.42 Å². The lowest BCUT2D eigenvalue weighted by Gasteiger charge is -2.33. The smallest absolute Gasteiger partial charge is 0.0133 e. The largest absolute Gasteiger partial charge is 0.316 e. The second-order valence-electron chi connectivity index (χ2n) is 5.91. The second-order valence-corrected chi connectivity index (χ2v) is 7.16. The molecule has 1 aromatic rings. The third-order valence-corrected chi connectivity index (χ3v) is 5.50. The van der Waals surface area contributed by atoms with E-state index in [0.29, 0.717) is 6.04 Å². The van der Waals surface area contributed by atoms with E-state index < -0.39 is 0 Å². The Bertz CT molecular complexity index is 365. The number of likely N-dealkylation sites (N-methyl/N-ethyl adjacent to an activating group) is 1. The molecule has 1 unspecified atom stereocenters. The molecule has 2 rings (SSSR count). The molecule has 106 valence electrons. The summed E-state index contributed by atoms with van der Waals surface area (Å²) in [5, 5.41) is 3.57. The fourth-order valence-corrected chi connectivity index (χ4v) is 3.74. The van der Waals surface area contributed by atoms with Gasteiger partial charge >= 0.3 is 0 Å². The Labute approximate surface area is 131 Å². The topological polar surface area (TPSA) is 12.0 Å². The van der Waals surface area contributed by atoms with Crippen LogP contribution in [-0.4, -0.2) is 13.1 Å². The molecule has 1 aromatic carbocycles. The van der Waals surface area contributed by atoms with Gasteiger partial charge in [-0.3, -0.25) is 0 Å². The van der Waals surface area contributed by atoms with E-state index in [1.807, 2.05) is 0 Å². The number of hydrogen-bond donors (Lipinski definition) is 1. The molecule has 0 aliphatic heterocycles. The van der Waals surface area contributed by atoms with Gasteiger partial charge in [-0.05, 0) is 78.4 Å². The molecule has 1 aliphatic rings. The van der Waals surface area contributed by atoms with Gasteiger partial charge in [-0.25, -0.2) is 0 Å². The number of hydrogen-bond acceptors (Lipinski definition) is 1. The molecule has 0 heterocycles. The van der Waals surface area contributed by atoms with Crippen LogP contribution in [0.2, 0.25) is 0 Å². The van der Waals surface area contributed by atoms with Gasteiger partial charge in [0.1, 0.15) is 0 Å². The maximum atomic E-state index is 3.57. The Kier molecular flexibility index (Phi) is 6.14. The lowest BCUT2D eigenvalue weighted by atomic mass is 9.76. The summed E-state index contributed by atoms with van der Waals surface area (Å²) in [6, 6.07) is 9.65. The van der Waals surface area contributed by atoms with E-state index in [2.05, 4.69) is 66.1 Å². The molecule has 0 radical (unpaired) electrons. The number of rotatable bonds is 5. The molecular weight excluding hydrogens is 345 g/mol. The molecule has 0 bridgehead atoms. The molecule has 1 fully saturated rings. The quantitative estimate of drug-likeness (QED) is 0.744. The van der Waals surface area contributed by atoms with Crippen LogP contribution in [0.3, 0.4) is 0 Å². The van der Waals surface area contributed by atoms with Crippen LogP contribution in [0, 0.1) is 15.4 Å². The van der Waals surface area contributed by atoms with Crippen LogP contribution >= 0.6 is 22.6 Å². The Balaban J connectivity index is 1.91. The van der Waals surface area contributed by atoms with Crippen LogP contribution in [0.1, 0.15) is 44.6 Å². The predicted octanol–water partition coefficient (Wildman–Crippen LogP) is 4.64. The molecule has 0 aromatic heterocycles. The zero-order valence-corrected chi connectivity index (χ0v) is 14.3. The monoisotopic (exact) mass is 371 g/mol. The van der Waals surface area contributed by atoms with Gasteiger partial charge in [-0.15, -0.1) is 0 Å². The van der Waals surface area contributed by atoms with E-state index in [1.165, 1.54) is 47.7 Å². The van der Waals surface area contributed by atoms with Crippen LogP contribution in [0.15, 0.2) is 24.3 Å². The Morgan fingerprint density at radius 3 is 2.32 bits per heavy atom. The number of benzene rings is 1. The summed E-state index contributed by atoms with van der Waals surface area (Å²) in [5.74, 6) is 1.86. The molecule has 1 N–H and O–H groups in total. The molecule has 0 spiro atoms. The zero-order chi connectivity index (χ0) is 13.7. The van der Waals surface area contributed by atoms with Crippen molar-refractivity contribution in [2.75, 3.05) is 7.05 Å². The van der Waals surface area contributed by atoms with E-state index in [9.17, 15) is 0 Å². The standard InChI is InChI=1S/C17H26IN/c1-3-13-4-8-15(9-5-13)17(19-2)12-14-6-10-16(18)11-7-14/h6-7,10-11,13,15,17,19H,3-5,8-9,12H2,1-2H3. The van der Waals surface area contributed by atoms with Gasteiger partial charge in [-0.1, -0.05) is 38.3 Å². The third-order valence-electron chi connectivity index (χ3n) is 4.78. The lowest BCUT2D eigenvalue weighted by Crippen LogP contribution is -2.37. The first kappa shape index (κ1) is 15.3. The Morgan fingerprint density at radius 1 is 1.16 bits per heavy atom. The molecule has 1 nitrogen and oxygen atoms in total. The van der Waals surface area contributed by atoms with Gasteiger partial charge < -0.3 is 5.32 Å². The van der Waals surface area contributed by atoms with Crippen LogP contribution < -0.4 is 5.32 Å². The molecule has 0 saturated heterocycles. The van der Waals surface area contributed by atoms with Crippen LogP contribution in [0.25, 0.3) is 0 Å². The highest BCUT2D eigenvalue weighted by Crippen LogP contribution is 2.33. The van der Waals surface area contributed by atoms with Crippen molar-refractivity contribution in [3.8, 4) is 0 Å². The van der Waals surface area contributed by atoms with E-state index in [0.717, 1.165) is 11.8 Å². The molecular formula is C17H26IN. The fraction of sp³-hybridized carbons (Fsp3) is 0.647. The minimum absolute atomic E-state index is 0.651. The van der Waals surface area contributed by atoms with Crippen LogP contribution in [0.4, 0.5) is 0 Å². The van der Waals surface area contributed by atoms with E-state index in [-0.39, 0.29) is 0 Å². The predicted molar refractivity (Wildman–Crippen MR) is 91.4 cm³/mol. The third kappa shape index (κ3) is 4.45. The summed E-state index contributed by atoms with van der Waals surface area (Å²) in [6.07, 6.45) is 8.24.